The summed E-state index contributed by atoms with van der Waals surface area (Å²) < 4.78 is 44.1. The molecule has 0 saturated heterocycles. The van der Waals surface area contributed by atoms with Gasteiger partial charge >= 0.3 is 11.9 Å². The number of ether oxygens (including phenoxy) is 8. The van der Waals surface area contributed by atoms with Crippen LogP contribution in [0.4, 0.5) is 0 Å². The van der Waals surface area contributed by atoms with E-state index in [1.807, 2.05) is 12.1 Å². The minimum atomic E-state index is -0.393. The van der Waals surface area contributed by atoms with Crippen molar-refractivity contribution in [2.24, 2.45) is 0 Å². The zero-order valence-corrected chi connectivity index (χ0v) is 28.9. The van der Waals surface area contributed by atoms with E-state index >= 15 is 0 Å². The Morgan fingerprint density at radius 2 is 1.04 bits per heavy atom. The molecule has 0 unspecified atom stereocenters. The summed E-state index contributed by atoms with van der Waals surface area (Å²) >= 11 is 0. The van der Waals surface area contributed by atoms with E-state index in [-0.39, 0.29) is 18.2 Å². The molecule has 0 amide bonds. The Morgan fingerprint density at radius 1 is 0.617 bits per heavy atom. The lowest BCUT2D eigenvalue weighted by molar-refractivity contribution is -0.151. The summed E-state index contributed by atoms with van der Waals surface area (Å²) in [6.45, 7) is 0. The summed E-state index contributed by atoms with van der Waals surface area (Å²) in [5.41, 5.74) is 1.39. The first-order chi connectivity index (χ1) is 22.7. The third-order valence-corrected chi connectivity index (χ3v) is 9.48. The highest BCUT2D eigenvalue weighted by Crippen LogP contribution is 2.40. The van der Waals surface area contributed by atoms with E-state index in [2.05, 4.69) is 11.9 Å². The number of nitrogens with zero attached hydrogens (tertiary/aromatic N) is 1. The van der Waals surface area contributed by atoms with E-state index in [9.17, 15) is 9.59 Å². The van der Waals surface area contributed by atoms with Gasteiger partial charge in [0, 0.05) is 18.5 Å². The van der Waals surface area contributed by atoms with Crippen molar-refractivity contribution in [1.82, 2.24) is 4.90 Å². The van der Waals surface area contributed by atoms with Crippen molar-refractivity contribution in [3.63, 3.8) is 0 Å². The van der Waals surface area contributed by atoms with Crippen molar-refractivity contribution in [1.29, 1.82) is 0 Å². The van der Waals surface area contributed by atoms with Crippen LogP contribution in [0.3, 0.4) is 0 Å². The normalized spacial score (nSPS) is 21.0. The maximum Gasteiger partial charge on any atom is 0.338 e. The molecular formula is C36H51NO10. The Morgan fingerprint density at radius 3 is 1.47 bits per heavy atom. The molecule has 11 heteroatoms. The van der Waals surface area contributed by atoms with Crippen molar-refractivity contribution in [3.05, 3.63) is 35.4 Å². The highest BCUT2D eigenvalue weighted by atomic mass is 16.6. The minimum Gasteiger partial charge on any atom is -0.493 e. The van der Waals surface area contributed by atoms with Crippen LogP contribution in [0.5, 0.6) is 34.5 Å². The molecule has 2 fully saturated rings. The molecule has 11 nitrogen and oxygen atoms in total. The van der Waals surface area contributed by atoms with Crippen LogP contribution in [0.2, 0.25) is 0 Å². The molecule has 0 aliphatic heterocycles. The topological polar surface area (TPSA) is 111 Å². The molecule has 0 atom stereocenters. The number of methoxy groups -OCH3 is 6. The fourth-order valence-electron chi connectivity index (χ4n) is 6.82. The molecule has 260 valence electrons. The number of esters is 2. The van der Waals surface area contributed by atoms with E-state index in [1.165, 1.54) is 21.3 Å². The van der Waals surface area contributed by atoms with Gasteiger partial charge in [-0.05, 0) is 101 Å². The van der Waals surface area contributed by atoms with E-state index in [0.29, 0.717) is 71.4 Å². The second kappa shape index (κ2) is 17.3. The smallest absolute Gasteiger partial charge is 0.338 e. The van der Waals surface area contributed by atoms with Crippen molar-refractivity contribution in [2.45, 2.75) is 94.9 Å². The molecule has 2 saturated carbocycles. The van der Waals surface area contributed by atoms with Crippen LogP contribution in [0, 0.1) is 0 Å². The molecule has 2 aromatic rings. The number of carbonyl (C=O) groups is 2. The Kier molecular flexibility index (Phi) is 13.3. The van der Waals surface area contributed by atoms with Crippen LogP contribution < -0.4 is 28.4 Å². The molecule has 0 aromatic heterocycles. The summed E-state index contributed by atoms with van der Waals surface area (Å²) in [5, 5.41) is 0. The third kappa shape index (κ3) is 9.15. The van der Waals surface area contributed by atoms with Gasteiger partial charge in [-0.2, -0.15) is 0 Å². The molecule has 2 aromatic carbocycles. The van der Waals surface area contributed by atoms with E-state index in [1.54, 1.807) is 33.5 Å². The average molecular weight is 658 g/mol. The van der Waals surface area contributed by atoms with Gasteiger partial charge in [0.15, 0.2) is 23.0 Å². The first kappa shape index (κ1) is 36.0. The van der Waals surface area contributed by atoms with Crippen LogP contribution in [-0.4, -0.2) is 90.8 Å². The third-order valence-electron chi connectivity index (χ3n) is 9.48. The van der Waals surface area contributed by atoms with Crippen molar-refractivity contribution in [2.75, 3.05) is 49.7 Å². The fraction of sp³-hybridized carbons (Fsp3) is 0.611. The Labute approximate surface area is 278 Å². The van der Waals surface area contributed by atoms with Gasteiger partial charge in [0.1, 0.15) is 12.2 Å². The van der Waals surface area contributed by atoms with Crippen LogP contribution >= 0.6 is 0 Å². The molecule has 0 N–H and O–H groups in total. The molecule has 2 aliphatic carbocycles. The lowest BCUT2D eigenvalue weighted by Crippen LogP contribution is -2.45. The Bertz CT molecular complexity index is 1280. The number of carbonyl (C=O) groups excluding carboxylic acids is 2. The Balaban J connectivity index is 1.17. The van der Waals surface area contributed by atoms with Gasteiger partial charge in [0.2, 0.25) is 11.5 Å². The van der Waals surface area contributed by atoms with Gasteiger partial charge < -0.3 is 42.8 Å². The summed E-state index contributed by atoms with van der Waals surface area (Å²) in [4.78, 5) is 28.1. The first-order valence-corrected chi connectivity index (χ1v) is 16.5. The van der Waals surface area contributed by atoms with Gasteiger partial charge in [0.25, 0.3) is 0 Å². The highest BCUT2D eigenvalue weighted by Gasteiger charge is 2.33. The first-order valence-electron chi connectivity index (χ1n) is 16.5. The lowest BCUT2D eigenvalue weighted by atomic mass is 9.87. The second-order valence-corrected chi connectivity index (χ2v) is 12.2. The summed E-state index contributed by atoms with van der Waals surface area (Å²) in [5.74, 6) is 2.50. The monoisotopic (exact) mass is 657 g/mol. The van der Waals surface area contributed by atoms with Crippen molar-refractivity contribution >= 4 is 11.9 Å². The minimum absolute atomic E-state index is 0.0290. The number of hydrogen-bond acceptors (Lipinski definition) is 11. The predicted octanol–water partition coefficient (Wildman–Crippen LogP) is 6.02. The van der Waals surface area contributed by atoms with Crippen LogP contribution in [0.15, 0.2) is 24.3 Å². The largest absolute Gasteiger partial charge is 0.493 e. The van der Waals surface area contributed by atoms with Gasteiger partial charge in [-0.3, -0.25) is 4.79 Å². The van der Waals surface area contributed by atoms with Gasteiger partial charge in [-0.25, -0.2) is 4.79 Å². The van der Waals surface area contributed by atoms with Crippen molar-refractivity contribution < 1.29 is 47.5 Å². The molecule has 0 heterocycles. The van der Waals surface area contributed by atoms with Crippen LogP contribution in [0.1, 0.15) is 80.1 Å². The quantitative estimate of drug-likeness (QED) is 0.210. The molecule has 2 aliphatic rings. The summed E-state index contributed by atoms with van der Waals surface area (Å²) in [6.07, 6.45) is 8.87. The van der Waals surface area contributed by atoms with Gasteiger partial charge in [0.05, 0.1) is 48.2 Å². The zero-order valence-electron chi connectivity index (χ0n) is 28.9. The van der Waals surface area contributed by atoms with Gasteiger partial charge in [-0.1, -0.05) is 0 Å². The maximum atomic E-state index is 13.0. The highest BCUT2D eigenvalue weighted by molar-refractivity contribution is 5.91. The maximum absolute atomic E-state index is 13.0. The summed E-state index contributed by atoms with van der Waals surface area (Å²) in [7, 11) is 11.5. The van der Waals surface area contributed by atoms with E-state index in [0.717, 1.165) is 56.9 Å². The van der Waals surface area contributed by atoms with E-state index < -0.39 is 5.97 Å². The van der Waals surface area contributed by atoms with Crippen molar-refractivity contribution in [3.8, 4) is 34.5 Å². The summed E-state index contributed by atoms with van der Waals surface area (Å²) in [6, 6.07) is 7.96. The fourth-order valence-corrected chi connectivity index (χ4v) is 6.82. The van der Waals surface area contributed by atoms with E-state index in [4.69, 9.17) is 37.9 Å². The van der Waals surface area contributed by atoms with Gasteiger partial charge in [-0.15, -0.1) is 0 Å². The number of rotatable bonds is 15. The predicted molar refractivity (Wildman–Crippen MR) is 176 cm³/mol. The number of hydrogen-bond donors (Lipinski definition) is 0. The number of benzene rings is 2. The molecule has 0 radical (unpaired) electrons. The second-order valence-electron chi connectivity index (χ2n) is 12.2. The standard InChI is InChI=1S/C36H51NO10/c1-37(26-13-17-28(18-14-26)47-36(39)24-21-31(42-4)35(45-7)32(22-24)43-5)25-11-15-27(16-12-25)46-33(38)10-8-9-23-19-29(40-2)34(44-6)30(20-23)41-3/h19-22,25-28H,8-18H2,1-7H3. The molecule has 4 rings (SSSR count). The molecular weight excluding hydrogens is 606 g/mol. The Hall–Kier alpha value is -3.86. The molecule has 0 spiro atoms. The molecule has 47 heavy (non-hydrogen) atoms. The van der Waals surface area contributed by atoms with Crippen LogP contribution in [-0.2, 0) is 20.7 Å². The zero-order chi connectivity index (χ0) is 33.9. The molecule has 0 bridgehead atoms. The van der Waals surface area contributed by atoms with Crippen LogP contribution in [0.25, 0.3) is 0 Å². The SMILES string of the molecule is COc1cc(CCCC(=O)OC2CCC(N(C)C3CCC(OC(=O)c4cc(OC)c(OC)c(OC)c4)CC3)CC2)cc(OC)c1OC. The average Bonchev–Trinajstić information content (AvgIpc) is 3.10. The number of aryl methyl sites for hydroxylation is 1. The lowest BCUT2D eigenvalue weighted by Gasteiger charge is -2.41.